The lowest BCUT2D eigenvalue weighted by atomic mass is 10.1. The molecule has 0 bridgehead atoms. The lowest BCUT2D eigenvalue weighted by Crippen LogP contribution is -2.26. The quantitative estimate of drug-likeness (QED) is 0.738. The normalized spacial score (nSPS) is 10.7. The predicted molar refractivity (Wildman–Crippen MR) is 58.3 cm³/mol. The van der Waals surface area contributed by atoms with Crippen molar-refractivity contribution in [3.05, 3.63) is 35.6 Å². The number of benzene rings is 1. The monoisotopic (exact) mass is 209 g/mol. The zero-order chi connectivity index (χ0) is 11.3. The Balaban J connectivity index is 2.43. The first kappa shape index (κ1) is 11.9. The molecule has 0 aliphatic heterocycles. The van der Waals surface area contributed by atoms with Crippen LogP contribution in [0.5, 0.6) is 0 Å². The maximum atomic E-state index is 13.2. The summed E-state index contributed by atoms with van der Waals surface area (Å²) >= 11 is 0. The fraction of sp³-hybridized carbons (Fsp3) is 0.417. The SMILES string of the molecule is CC(=O)CN(C)CCc1ccccc1F. The van der Waals surface area contributed by atoms with Gasteiger partial charge in [-0.25, -0.2) is 4.39 Å². The van der Waals surface area contributed by atoms with Gasteiger partial charge >= 0.3 is 0 Å². The van der Waals surface area contributed by atoms with E-state index in [1.165, 1.54) is 6.07 Å². The molecule has 0 heterocycles. The summed E-state index contributed by atoms with van der Waals surface area (Å²) in [6, 6.07) is 6.73. The number of hydrogen-bond acceptors (Lipinski definition) is 2. The summed E-state index contributed by atoms with van der Waals surface area (Å²) in [6.45, 7) is 2.68. The van der Waals surface area contributed by atoms with Crippen LogP contribution in [0.2, 0.25) is 0 Å². The molecule has 0 fully saturated rings. The standard InChI is InChI=1S/C12H16FNO/c1-10(15)9-14(2)8-7-11-5-3-4-6-12(11)13/h3-6H,7-9H2,1-2H3. The average Bonchev–Trinajstić information content (AvgIpc) is 2.15. The molecule has 0 aliphatic carbocycles. The lowest BCUT2D eigenvalue weighted by molar-refractivity contribution is -0.117. The number of Topliss-reactive ketones (excluding diaryl/α,β-unsaturated/α-hetero) is 1. The van der Waals surface area contributed by atoms with Crippen LogP contribution in [0.15, 0.2) is 24.3 Å². The summed E-state index contributed by atoms with van der Waals surface area (Å²) in [5.41, 5.74) is 0.702. The molecular formula is C12H16FNO. The molecule has 0 aliphatic rings. The molecular weight excluding hydrogens is 193 g/mol. The topological polar surface area (TPSA) is 20.3 Å². The van der Waals surface area contributed by atoms with Crippen molar-refractivity contribution in [1.82, 2.24) is 4.90 Å². The van der Waals surface area contributed by atoms with Gasteiger partial charge in [0.1, 0.15) is 11.6 Å². The van der Waals surface area contributed by atoms with Crippen LogP contribution in [-0.4, -0.2) is 30.8 Å². The van der Waals surface area contributed by atoms with E-state index < -0.39 is 0 Å². The van der Waals surface area contributed by atoms with Gasteiger partial charge in [-0.1, -0.05) is 18.2 Å². The second kappa shape index (κ2) is 5.61. The molecule has 0 amide bonds. The fourth-order valence-corrected chi connectivity index (χ4v) is 1.47. The first-order valence-electron chi connectivity index (χ1n) is 5.01. The van der Waals surface area contributed by atoms with Gasteiger partial charge < -0.3 is 0 Å². The Bertz CT molecular complexity index is 338. The van der Waals surface area contributed by atoms with Gasteiger partial charge in [0.2, 0.25) is 0 Å². The smallest absolute Gasteiger partial charge is 0.143 e. The molecule has 0 radical (unpaired) electrons. The molecule has 0 N–H and O–H groups in total. The number of carbonyl (C=O) groups is 1. The van der Waals surface area contributed by atoms with Gasteiger partial charge in [-0.3, -0.25) is 9.69 Å². The van der Waals surface area contributed by atoms with Crippen LogP contribution < -0.4 is 0 Å². The first-order chi connectivity index (χ1) is 7.09. The first-order valence-corrected chi connectivity index (χ1v) is 5.01. The summed E-state index contributed by atoms with van der Waals surface area (Å²) in [6.07, 6.45) is 0.635. The summed E-state index contributed by atoms with van der Waals surface area (Å²) in [4.78, 5) is 12.7. The highest BCUT2D eigenvalue weighted by molar-refractivity contribution is 5.77. The van der Waals surface area contributed by atoms with E-state index in [1.807, 2.05) is 18.0 Å². The number of hydrogen-bond donors (Lipinski definition) is 0. The zero-order valence-corrected chi connectivity index (χ0v) is 9.16. The Morgan fingerprint density at radius 1 is 1.40 bits per heavy atom. The highest BCUT2D eigenvalue weighted by atomic mass is 19.1. The summed E-state index contributed by atoms with van der Waals surface area (Å²) in [7, 11) is 1.86. The van der Waals surface area contributed by atoms with Crippen molar-refractivity contribution in [2.45, 2.75) is 13.3 Å². The van der Waals surface area contributed by atoms with Crippen molar-refractivity contribution in [2.24, 2.45) is 0 Å². The van der Waals surface area contributed by atoms with E-state index in [9.17, 15) is 9.18 Å². The largest absolute Gasteiger partial charge is 0.299 e. The van der Waals surface area contributed by atoms with Gasteiger partial charge in [0.25, 0.3) is 0 Å². The van der Waals surface area contributed by atoms with E-state index in [0.29, 0.717) is 25.1 Å². The third-order valence-electron chi connectivity index (χ3n) is 2.21. The molecule has 0 saturated heterocycles. The van der Waals surface area contributed by atoms with Crippen molar-refractivity contribution in [3.8, 4) is 0 Å². The third kappa shape index (κ3) is 4.21. The van der Waals surface area contributed by atoms with Crippen molar-refractivity contribution in [2.75, 3.05) is 20.1 Å². The molecule has 1 rings (SSSR count). The van der Waals surface area contributed by atoms with E-state index in [2.05, 4.69) is 0 Å². The van der Waals surface area contributed by atoms with E-state index in [0.717, 1.165) is 0 Å². The highest BCUT2D eigenvalue weighted by Crippen LogP contribution is 2.07. The maximum Gasteiger partial charge on any atom is 0.143 e. The van der Waals surface area contributed by atoms with Crippen LogP contribution in [-0.2, 0) is 11.2 Å². The minimum atomic E-state index is -0.172. The maximum absolute atomic E-state index is 13.2. The number of ketones is 1. The van der Waals surface area contributed by atoms with Gasteiger partial charge in [-0.2, -0.15) is 0 Å². The van der Waals surface area contributed by atoms with Crippen LogP contribution in [0.25, 0.3) is 0 Å². The number of nitrogens with zero attached hydrogens (tertiary/aromatic N) is 1. The van der Waals surface area contributed by atoms with Gasteiger partial charge in [0.15, 0.2) is 0 Å². The Morgan fingerprint density at radius 2 is 2.07 bits per heavy atom. The average molecular weight is 209 g/mol. The number of likely N-dealkylation sites (N-methyl/N-ethyl adjacent to an activating group) is 1. The van der Waals surface area contributed by atoms with Crippen molar-refractivity contribution in [1.29, 1.82) is 0 Å². The van der Waals surface area contributed by atoms with Crippen molar-refractivity contribution < 1.29 is 9.18 Å². The van der Waals surface area contributed by atoms with Crippen molar-refractivity contribution >= 4 is 5.78 Å². The molecule has 0 saturated carbocycles. The van der Waals surface area contributed by atoms with E-state index >= 15 is 0 Å². The van der Waals surface area contributed by atoms with Gasteiger partial charge in [-0.15, -0.1) is 0 Å². The van der Waals surface area contributed by atoms with Crippen LogP contribution in [0.3, 0.4) is 0 Å². The molecule has 1 aromatic rings. The summed E-state index contributed by atoms with van der Waals surface area (Å²) < 4.78 is 13.2. The van der Waals surface area contributed by atoms with E-state index in [1.54, 1.807) is 19.1 Å². The molecule has 0 atom stereocenters. The molecule has 2 nitrogen and oxygen atoms in total. The summed E-state index contributed by atoms with van der Waals surface area (Å²) in [5.74, 6) is -0.0419. The highest BCUT2D eigenvalue weighted by Gasteiger charge is 2.04. The minimum Gasteiger partial charge on any atom is -0.299 e. The zero-order valence-electron chi connectivity index (χ0n) is 9.16. The van der Waals surface area contributed by atoms with Gasteiger partial charge in [0, 0.05) is 6.54 Å². The van der Waals surface area contributed by atoms with Gasteiger partial charge in [-0.05, 0) is 32.0 Å². The number of rotatable bonds is 5. The Kier molecular flexibility index (Phi) is 4.43. The molecule has 1 aromatic carbocycles. The van der Waals surface area contributed by atoms with Crippen LogP contribution in [0.4, 0.5) is 4.39 Å². The third-order valence-corrected chi connectivity index (χ3v) is 2.21. The lowest BCUT2D eigenvalue weighted by Gasteiger charge is -2.14. The second-order valence-corrected chi connectivity index (χ2v) is 3.78. The Labute approximate surface area is 89.7 Å². The van der Waals surface area contributed by atoms with E-state index in [-0.39, 0.29) is 11.6 Å². The second-order valence-electron chi connectivity index (χ2n) is 3.78. The Morgan fingerprint density at radius 3 is 2.67 bits per heavy atom. The fourth-order valence-electron chi connectivity index (χ4n) is 1.47. The summed E-state index contributed by atoms with van der Waals surface area (Å²) in [5, 5.41) is 0. The number of halogens is 1. The molecule has 0 unspecified atom stereocenters. The Hall–Kier alpha value is -1.22. The molecule has 15 heavy (non-hydrogen) atoms. The van der Waals surface area contributed by atoms with Crippen LogP contribution in [0, 0.1) is 5.82 Å². The number of carbonyl (C=O) groups excluding carboxylic acids is 1. The molecule has 3 heteroatoms. The van der Waals surface area contributed by atoms with Crippen LogP contribution >= 0.6 is 0 Å². The van der Waals surface area contributed by atoms with Gasteiger partial charge in [0.05, 0.1) is 6.54 Å². The van der Waals surface area contributed by atoms with E-state index in [4.69, 9.17) is 0 Å². The van der Waals surface area contributed by atoms with Crippen molar-refractivity contribution in [3.63, 3.8) is 0 Å². The molecule has 82 valence electrons. The molecule has 0 aromatic heterocycles. The van der Waals surface area contributed by atoms with Crippen LogP contribution in [0.1, 0.15) is 12.5 Å². The predicted octanol–water partition coefficient (Wildman–Crippen LogP) is 1.89. The minimum absolute atomic E-state index is 0.131. The molecule has 0 spiro atoms.